The van der Waals surface area contributed by atoms with Crippen molar-refractivity contribution in [3.8, 4) is 0 Å². The van der Waals surface area contributed by atoms with Gasteiger partial charge in [-0.25, -0.2) is 9.48 Å². The van der Waals surface area contributed by atoms with Gasteiger partial charge in [0.05, 0.1) is 11.1 Å². The van der Waals surface area contributed by atoms with Crippen molar-refractivity contribution in [2.45, 2.75) is 33.7 Å². The molecule has 0 saturated heterocycles. The lowest BCUT2D eigenvalue weighted by molar-refractivity contribution is -0.143. The minimum absolute atomic E-state index is 0.217. The Labute approximate surface area is 190 Å². The predicted octanol–water partition coefficient (Wildman–Crippen LogP) is 3.93. The molecule has 0 bridgehead atoms. The predicted molar refractivity (Wildman–Crippen MR) is 123 cm³/mol. The van der Waals surface area contributed by atoms with Crippen LogP contribution >= 0.6 is 0 Å². The molecule has 0 N–H and O–H groups in total. The summed E-state index contributed by atoms with van der Waals surface area (Å²) in [6.07, 6.45) is 0.449. The van der Waals surface area contributed by atoms with Crippen LogP contribution in [-0.4, -0.2) is 28.1 Å². The van der Waals surface area contributed by atoms with E-state index in [-0.39, 0.29) is 24.6 Å². The van der Waals surface area contributed by atoms with Gasteiger partial charge in [0.2, 0.25) is 5.71 Å². The summed E-state index contributed by atoms with van der Waals surface area (Å²) >= 11 is 0. The molecule has 0 aliphatic heterocycles. The van der Waals surface area contributed by atoms with Crippen LogP contribution in [0.1, 0.15) is 38.3 Å². The molecule has 4 rings (SSSR count). The number of hydrogen-bond donors (Lipinski definition) is 0. The molecule has 33 heavy (non-hydrogen) atoms. The van der Waals surface area contributed by atoms with Crippen molar-refractivity contribution in [3.05, 3.63) is 98.5 Å². The Morgan fingerprint density at radius 2 is 1.70 bits per heavy atom. The zero-order chi connectivity index (χ0) is 23.5. The fourth-order valence-corrected chi connectivity index (χ4v) is 3.88. The Kier molecular flexibility index (Phi) is 6.22. The highest BCUT2D eigenvalue weighted by Crippen LogP contribution is 2.25. The zero-order valence-corrected chi connectivity index (χ0v) is 18.8. The van der Waals surface area contributed by atoms with E-state index in [1.165, 1.54) is 4.68 Å². The number of carbonyl (C=O) groups is 2. The summed E-state index contributed by atoms with van der Waals surface area (Å²) in [7, 11) is 0. The quantitative estimate of drug-likeness (QED) is 0.317. The van der Waals surface area contributed by atoms with Gasteiger partial charge in [-0.2, -0.15) is 5.10 Å². The van der Waals surface area contributed by atoms with Gasteiger partial charge in [0.15, 0.2) is 12.4 Å². The van der Waals surface area contributed by atoms with E-state index in [4.69, 9.17) is 9.15 Å². The molecule has 2 aromatic heterocycles. The number of aromatic nitrogens is 2. The monoisotopic (exact) mass is 444 g/mol. The number of ether oxygens (including phenoxy) is 1. The van der Waals surface area contributed by atoms with Crippen molar-refractivity contribution in [2.24, 2.45) is 0 Å². The summed E-state index contributed by atoms with van der Waals surface area (Å²) in [4.78, 5) is 37.3. The topological polar surface area (TPSA) is 91.4 Å². The van der Waals surface area contributed by atoms with Crippen LogP contribution in [0.2, 0.25) is 0 Å². The second-order valence-corrected chi connectivity index (χ2v) is 7.97. The molecular formula is C26H24N2O5. The number of ketones is 1. The van der Waals surface area contributed by atoms with E-state index in [9.17, 15) is 14.4 Å². The van der Waals surface area contributed by atoms with Crippen LogP contribution in [0.3, 0.4) is 0 Å². The van der Waals surface area contributed by atoms with E-state index in [1.54, 1.807) is 37.3 Å². The fraction of sp³-hybridized carbons (Fsp3) is 0.231. The maximum absolute atomic E-state index is 12.8. The zero-order valence-electron chi connectivity index (χ0n) is 18.8. The second-order valence-electron chi connectivity index (χ2n) is 7.97. The largest absolute Gasteiger partial charge is 0.456 e. The number of nitrogens with zero attached hydrogens (tertiary/aromatic N) is 2. The van der Waals surface area contributed by atoms with Crippen LogP contribution in [0.5, 0.6) is 0 Å². The molecule has 2 aromatic carbocycles. The smallest absolute Gasteiger partial charge is 0.341 e. The second kappa shape index (κ2) is 9.24. The fourth-order valence-electron chi connectivity index (χ4n) is 3.88. The maximum atomic E-state index is 12.8. The number of rotatable bonds is 7. The number of Topliss-reactive ketones (excluding diaryl/α,β-unsaturated/α-hetero) is 1. The van der Waals surface area contributed by atoms with Crippen LogP contribution in [0.25, 0.3) is 11.1 Å². The Balaban J connectivity index is 1.56. The maximum Gasteiger partial charge on any atom is 0.341 e. The van der Waals surface area contributed by atoms with Crippen molar-refractivity contribution < 1.29 is 18.7 Å². The van der Waals surface area contributed by atoms with E-state index < -0.39 is 11.6 Å². The number of fused-ring (bicyclic) bond motifs is 1. The Bertz CT molecular complexity index is 1400. The lowest BCUT2D eigenvalue weighted by Gasteiger charge is -2.09. The van der Waals surface area contributed by atoms with Crippen LogP contribution in [-0.2, 0) is 22.5 Å². The summed E-state index contributed by atoms with van der Waals surface area (Å²) in [6.45, 7) is 5.02. The Morgan fingerprint density at radius 3 is 2.42 bits per heavy atom. The molecule has 0 saturated carbocycles. The highest BCUT2D eigenvalue weighted by Gasteiger charge is 2.21. The highest BCUT2D eigenvalue weighted by molar-refractivity contribution is 5.97. The summed E-state index contributed by atoms with van der Waals surface area (Å²) < 4.78 is 12.0. The summed E-state index contributed by atoms with van der Waals surface area (Å²) in [5, 5.41) is 5.08. The summed E-state index contributed by atoms with van der Waals surface area (Å²) in [5.41, 5.74) is 4.35. The van der Waals surface area contributed by atoms with E-state index in [2.05, 4.69) is 5.10 Å². The number of carbonyl (C=O) groups excluding carboxylic acids is 2. The van der Waals surface area contributed by atoms with Crippen LogP contribution < -0.4 is 5.63 Å². The van der Waals surface area contributed by atoms with Crippen LogP contribution in [0.15, 0.2) is 63.8 Å². The van der Waals surface area contributed by atoms with Crippen molar-refractivity contribution in [2.75, 3.05) is 6.61 Å². The van der Waals surface area contributed by atoms with Gasteiger partial charge in [-0.1, -0.05) is 54.6 Å². The molecule has 2 heterocycles. The van der Waals surface area contributed by atoms with Gasteiger partial charge in [0, 0.05) is 17.5 Å². The number of esters is 1. The van der Waals surface area contributed by atoms with Gasteiger partial charge in [-0.05, 0) is 37.5 Å². The molecule has 168 valence electrons. The third kappa shape index (κ3) is 4.62. The van der Waals surface area contributed by atoms with Gasteiger partial charge < -0.3 is 9.15 Å². The average Bonchev–Trinajstić information content (AvgIpc) is 3.11. The normalized spacial score (nSPS) is 11.0. The van der Waals surface area contributed by atoms with E-state index in [1.807, 2.05) is 38.1 Å². The first-order chi connectivity index (χ1) is 15.8. The molecule has 7 nitrogen and oxygen atoms in total. The van der Waals surface area contributed by atoms with Crippen molar-refractivity contribution >= 4 is 22.9 Å². The van der Waals surface area contributed by atoms with Gasteiger partial charge >= 0.3 is 11.6 Å². The third-order valence-electron chi connectivity index (χ3n) is 5.71. The van der Waals surface area contributed by atoms with E-state index in [0.29, 0.717) is 28.6 Å². The SMILES string of the molecule is Cc1ccccc1Cc1c(C)c2c(C)nn(CC(=O)OCC(=O)c3ccccc3)c2oc1=O. The van der Waals surface area contributed by atoms with Gasteiger partial charge in [-0.3, -0.25) is 9.59 Å². The number of benzene rings is 2. The molecule has 0 fully saturated rings. The van der Waals surface area contributed by atoms with Crippen LogP contribution in [0.4, 0.5) is 0 Å². The first-order valence-corrected chi connectivity index (χ1v) is 10.6. The molecule has 4 aromatic rings. The first-order valence-electron chi connectivity index (χ1n) is 10.6. The summed E-state index contributed by atoms with van der Waals surface area (Å²) in [5.74, 6) is -0.943. The Hall–Kier alpha value is -4.00. The molecule has 0 aliphatic carbocycles. The minimum Gasteiger partial charge on any atom is -0.456 e. The Morgan fingerprint density at radius 1 is 1.00 bits per heavy atom. The molecule has 0 amide bonds. The van der Waals surface area contributed by atoms with Crippen LogP contribution in [0, 0.1) is 20.8 Å². The standard InChI is InChI=1S/C26H24N2O5/c1-16-9-7-8-12-20(16)13-21-17(2)24-18(3)27-28(25(24)33-26(21)31)14-23(30)32-15-22(29)19-10-5-4-6-11-19/h4-12H,13-15H2,1-3H3. The number of aryl methyl sites for hydroxylation is 3. The lowest BCUT2D eigenvalue weighted by atomic mass is 9.97. The first kappa shape index (κ1) is 22.2. The summed E-state index contributed by atoms with van der Waals surface area (Å²) in [6, 6.07) is 16.5. The van der Waals surface area contributed by atoms with Gasteiger partial charge in [0.1, 0.15) is 6.54 Å². The van der Waals surface area contributed by atoms with E-state index in [0.717, 1.165) is 16.7 Å². The van der Waals surface area contributed by atoms with E-state index >= 15 is 0 Å². The molecule has 0 aliphatic rings. The molecule has 0 atom stereocenters. The van der Waals surface area contributed by atoms with Crippen molar-refractivity contribution in [1.82, 2.24) is 9.78 Å². The van der Waals surface area contributed by atoms with Crippen molar-refractivity contribution in [1.29, 1.82) is 0 Å². The molecule has 7 heteroatoms. The molecule has 0 unspecified atom stereocenters. The lowest BCUT2D eigenvalue weighted by Crippen LogP contribution is -2.19. The number of hydrogen-bond acceptors (Lipinski definition) is 6. The minimum atomic E-state index is -0.645. The molecule has 0 spiro atoms. The highest BCUT2D eigenvalue weighted by atomic mass is 16.5. The van der Waals surface area contributed by atoms with Gasteiger partial charge in [-0.15, -0.1) is 0 Å². The molecule has 0 radical (unpaired) electrons. The third-order valence-corrected chi connectivity index (χ3v) is 5.71. The van der Waals surface area contributed by atoms with Crippen molar-refractivity contribution in [3.63, 3.8) is 0 Å². The molecular weight excluding hydrogens is 420 g/mol. The average molecular weight is 444 g/mol. The van der Waals surface area contributed by atoms with Gasteiger partial charge in [0.25, 0.3) is 0 Å².